The predicted octanol–water partition coefficient (Wildman–Crippen LogP) is 1.80. The van der Waals surface area contributed by atoms with Gasteiger partial charge in [-0.05, 0) is 20.8 Å². The minimum absolute atomic E-state index is 0.108. The van der Waals surface area contributed by atoms with Crippen LogP contribution in [0, 0.1) is 0 Å². The van der Waals surface area contributed by atoms with Gasteiger partial charge in [0.25, 0.3) is 5.92 Å². The first-order chi connectivity index (χ1) is 5.79. The van der Waals surface area contributed by atoms with E-state index in [1.54, 1.807) is 0 Å². The molecule has 1 fully saturated rings. The molecule has 0 spiro atoms. The molecule has 0 saturated carbocycles. The van der Waals surface area contributed by atoms with Crippen LogP contribution >= 0.6 is 0 Å². The molecule has 0 aromatic carbocycles. The van der Waals surface area contributed by atoms with E-state index in [1.807, 2.05) is 20.8 Å². The molecule has 1 N–H and O–H groups in total. The zero-order chi connectivity index (χ0) is 10.1. The van der Waals surface area contributed by atoms with E-state index in [4.69, 9.17) is 4.74 Å². The van der Waals surface area contributed by atoms with Crippen LogP contribution in [0.4, 0.5) is 8.78 Å². The Morgan fingerprint density at radius 3 is 2.46 bits per heavy atom. The predicted molar refractivity (Wildman–Crippen MR) is 47.1 cm³/mol. The van der Waals surface area contributed by atoms with Crippen molar-refractivity contribution >= 4 is 0 Å². The summed E-state index contributed by atoms with van der Waals surface area (Å²) >= 11 is 0. The summed E-state index contributed by atoms with van der Waals surface area (Å²) in [4.78, 5) is 0. The first-order valence-corrected chi connectivity index (χ1v) is 4.54. The van der Waals surface area contributed by atoms with Crippen LogP contribution in [0.1, 0.15) is 27.2 Å². The second-order valence-corrected chi connectivity index (χ2v) is 4.56. The molecule has 0 aromatic heterocycles. The third-order valence-corrected chi connectivity index (χ3v) is 1.91. The molecule has 0 aromatic rings. The molecule has 13 heavy (non-hydrogen) atoms. The van der Waals surface area contributed by atoms with E-state index in [2.05, 4.69) is 5.32 Å². The Morgan fingerprint density at radius 2 is 2.08 bits per heavy atom. The summed E-state index contributed by atoms with van der Waals surface area (Å²) in [5.74, 6) is -2.55. The van der Waals surface area contributed by atoms with Crippen LogP contribution in [0.2, 0.25) is 0 Å². The first kappa shape index (κ1) is 10.9. The van der Waals surface area contributed by atoms with Crippen molar-refractivity contribution in [3.63, 3.8) is 0 Å². The monoisotopic (exact) mass is 193 g/mol. The number of nitrogens with one attached hydrogen (secondary N) is 1. The zero-order valence-electron chi connectivity index (χ0n) is 8.36. The van der Waals surface area contributed by atoms with Crippen molar-refractivity contribution in [1.82, 2.24) is 5.32 Å². The van der Waals surface area contributed by atoms with Gasteiger partial charge in [-0.2, -0.15) is 0 Å². The Bertz CT molecular complexity index is 177. The van der Waals surface area contributed by atoms with Crippen LogP contribution in [-0.4, -0.2) is 30.7 Å². The second kappa shape index (κ2) is 3.50. The van der Waals surface area contributed by atoms with Gasteiger partial charge in [0.15, 0.2) is 0 Å². The smallest absolute Gasteiger partial charge is 0.261 e. The summed E-state index contributed by atoms with van der Waals surface area (Å²) in [7, 11) is 0. The lowest BCUT2D eigenvalue weighted by atomic mass is 10.1. The summed E-state index contributed by atoms with van der Waals surface area (Å²) in [6.45, 7) is 5.89. The minimum atomic E-state index is -2.55. The van der Waals surface area contributed by atoms with Gasteiger partial charge in [-0.1, -0.05) is 0 Å². The molecule has 1 heterocycles. The second-order valence-electron chi connectivity index (χ2n) is 4.56. The van der Waals surface area contributed by atoms with Crippen LogP contribution in [-0.2, 0) is 4.74 Å². The molecular formula is C9H17F2NO. The standard InChI is InChI=1S/C9H17F2NO/c1-8(2,3)13-5-7-4-9(10,11)6-12-7/h7,12H,4-6H2,1-3H3/t7-/m0/s1. The molecule has 4 heteroatoms. The fourth-order valence-electron chi connectivity index (χ4n) is 1.27. The minimum Gasteiger partial charge on any atom is -0.374 e. The number of halogens is 2. The van der Waals surface area contributed by atoms with Crippen molar-refractivity contribution in [2.75, 3.05) is 13.2 Å². The Balaban J connectivity index is 2.25. The van der Waals surface area contributed by atoms with Gasteiger partial charge in [-0.3, -0.25) is 0 Å². The summed E-state index contributed by atoms with van der Waals surface area (Å²) in [5.41, 5.74) is -0.250. The molecule has 0 amide bonds. The third kappa shape index (κ3) is 4.00. The Hall–Kier alpha value is -0.220. The summed E-state index contributed by atoms with van der Waals surface area (Å²) < 4.78 is 30.8. The molecule has 78 valence electrons. The SMILES string of the molecule is CC(C)(C)OC[C@@H]1CC(F)(F)CN1. The Kier molecular flexibility index (Phi) is 2.92. The molecule has 1 saturated heterocycles. The van der Waals surface area contributed by atoms with Crippen LogP contribution in [0.15, 0.2) is 0 Å². The van der Waals surface area contributed by atoms with E-state index in [-0.39, 0.29) is 24.6 Å². The van der Waals surface area contributed by atoms with E-state index < -0.39 is 5.92 Å². The van der Waals surface area contributed by atoms with Gasteiger partial charge in [-0.15, -0.1) is 0 Å². The summed E-state index contributed by atoms with van der Waals surface area (Å²) in [5, 5.41) is 2.74. The van der Waals surface area contributed by atoms with Gasteiger partial charge >= 0.3 is 0 Å². The average Bonchev–Trinajstić information content (AvgIpc) is 2.24. The maximum atomic E-state index is 12.7. The van der Waals surface area contributed by atoms with E-state index in [0.717, 1.165) is 0 Å². The third-order valence-electron chi connectivity index (χ3n) is 1.91. The van der Waals surface area contributed by atoms with Gasteiger partial charge in [-0.25, -0.2) is 8.78 Å². The highest BCUT2D eigenvalue weighted by Gasteiger charge is 2.39. The van der Waals surface area contributed by atoms with E-state index in [9.17, 15) is 8.78 Å². The van der Waals surface area contributed by atoms with Crippen LogP contribution in [0.5, 0.6) is 0 Å². The van der Waals surface area contributed by atoms with Gasteiger partial charge < -0.3 is 10.1 Å². The highest BCUT2D eigenvalue weighted by atomic mass is 19.3. The number of alkyl halides is 2. The Labute approximate surface area is 77.6 Å². The average molecular weight is 193 g/mol. The molecule has 0 bridgehead atoms. The molecule has 0 unspecified atom stereocenters. The molecule has 0 radical (unpaired) electrons. The lowest BCUT2D eigenvalue weighted by Gasteiger charge is -2.22. The number of hydrogen-bond acceptors (Lipinski definition) is 2. The summed E-state index contributed by atoms with van der Waals surface area (Å²) in [6.07, 6.45) is -0.108. The van der Waals surface area contributed by atoms with Crippen molar-refractivity contribution in [2.45, 2.75) is 44.8 Å². The van der Waals surface area contributed by atoms with E-state index in [0.29, 0.717) is 6.61 Å². The highest BCUT2D eigenvalue weighted by Crippen LogP contribution is 2.25. The van der Waals surface area contributed by atoms with Crippen molar-refractivity contribution in [3.8, 4) is 0 Å². The molecule has 2 nitrogen and oxygen atoms in total. The van der Waals surface area contributed by atoms with Crippen molar-refractivity contribution in [3.05, 3.63) is 0 Å². The Morgan fingerprint density at radius 1 is 1.46 bits per heavy atom. The highest BCUT2D eigenvalue weighted by molar-refractivity contribution is 4.87. The van der Waals surface area contributed by atoms with Gasteiger partial charge in [0.1, 0.15) is 0 Å². The molecule has 1 atom stereocenters. The maximum Gasteiger partial charge on any atom is 0.261 e. The van der Waals surface area contributed by atoms with Crippen molar-refractivity contribution in [1.29, 1.82) is 0 Å². The fraction of sp³-hybridized carbons (Fsp3) is 1.00. The van der Waals surface area contributed by atoms with Gasteiger partial charge in [0.2, 0.25) is 0 Å². The largest absolute Gasteiger partial charge is 0.374 e. The first-order valence-electron chi connectivity index (χ1n) is 4.54. The van der Waals surface area contributed by atoms with E-state index in [1.165, 1.54) is 0 Å². The molecule has 1 rings (SSSR count). The van der Waals surface area contributed by atoms with Crippen molar-refractivity contribution in [2.24, 2.45) is 0 Å². The van der Waals surface area contributed by atoms with Crippen LogP contribution < -0.4 is 5.32 Å². The number of rotatable bonds is 2. The van der Waals surface area contributed by atoms with E-state index >= 15 is 0 Å². The molecular weight excluding hydrogens is 176 g/mol. The number of hydrogen-bond donors (Lipinski definition) is 1. The topological polar surface area (TPSA) is 21.3 Å². The lowest BCUT2D eigenvalue weighted by molar-refractivity contribution is -0.0215. The maximum absolute atomic E-state index is 12.7. The fourth-order valence-corrected chi connectivity index (χ4v) is 1.27. The molecule has 1 aliphatic rings. The molecule has 1 aliphatic heterocycles. The van der Waals surface area contributed by atoms with Crippen LogP contribution in [0.25, 0.3) is 0 Å². The lowest BCUT2D eigenvalue weighted by Crippen LogP contribution is -2.31. The number of ether oxygens (including phenoxy) is 1. The van der Waals surface area contributed by atoms with Crippen molar-refractivity contribution < 1.29 is 13.5 Å². The zero-order valence-corrected chi connectivity index (χ0v) is 8.36. The van der Waals surface area contributed by atoms with Crippen LogP contribution in [0.3, 0.4) is 0 Å². The van der Waals surface area contributed by atoms with Gasteiger partial charge in [0, 0.05) is 12.5 Å². The van der Waals surface area contributed by atoms with Gasteiger partial charge in [0.05, 0.1) is 18.8 Å². The quantitative estimate of drug-likeness (QED) is 0.722. The summed E-state index contributed by atoms with van der Waals surface area (Å²) in [6, 6.07) is -0.200. The molecule has 0 aliphatic carbocycles. The normalized spacial score (nSPS) is 27.9.